The Bertz CT molecular complexity index is 420. The summed E-state index contributed by atoms with van der Waals surface area (Å²) in [4.78, 5) is 26.2. The molecule has 5 heteroatoms. The van der Waals surface area contributed by atoms with E-state index >= 15 is 0 Å². The van der Waals surface area contributed by atoms with E-state index in [1.54, 1.807) is 0 Å². The molecule has 0 bridgehead atoms. The summed E-state index contributed by atoms with van der Waals surface area (Å²) in [7, 11) is 1.42. The average molecular weight is 264 g/mol. The van der Waals surface area contributed by atoms with Crippen molar-refractivity contribution in [3.05, 3.63) is 24.0 Å². The highest BCUT2D eigenvalue weighted by atomic mass is 16.5. The Kier molecular flexibility index (Phi) is 4.60. The second kappa shape index (κ2) is 6.41. The predicted octanol–water partition coefficient (Wildman–Crippen LogP) is 1.41. The van der Waals surface area contributed by atoms with Crippen molar-refractivity contribution in [3.63, 3.8) is 0 Å². The molecule has 5 nitrogen and oxygen atoms in total. The van der Waals surface area contributed by atoms with Crippen molar-refractivity contribution in [2.45, 2.75) is 38.1 Å². The lowest BCUT2D eigenvalue weighted by Crippen LogP contribution is -2.39. The summed E-state index contributed by atoms with van der Waals surface area (Å²) in [5.74, 6) is -0.0957. The fourth-order valence-corrected chi connectivity index (χ4v) is 2.57. The number of aromatic nitrogens is 1. The molecule has 1 heterocycles. The summed E-state index contributed by atoms with van der Waals surface area (Å²) >= 11 is 0. The molecule has 2 N–H and O–H groups in total. The van der Waals surface area contributed by atoms with Crippen molar-refractivity contribution in [1.29, 1.82) is 0 Å². The van der Waals surface area contributed by atoms with Crippen LogP contribution in [0, 0.1) is 5.92 Å². The monoisotopic (exact) mass is 264 g/mol. The Morgan fingerprint density at radius 2 is 2.11 bits per heavy atom. The third-order valence-corrected chi connectivity index (χ3v) is 3.64. The zero-order chi connectivity index (χ0) is 13.7. The molecule has 1 aromatic rings. The van der Waals surface area contributed by atoms with Crippen LogP contribution in [0.3, 0.4) is 0 Å². The topological polar surface area (TPSA) is 71.2 Å². The van der Waals surface area contributed by atoms with Gasteiger partial charge in [0.2, 0.25) is 5.91 Å². The molecule has 1 saturated carbocycles. The van der Waals surface area contributed by atoms with Crippen LogP contribution in [-0.4, -0.2) is 30.0 Å². The Morgan fingerprint density at radius 1 is 1.37 bits per heavy atom. The molecule has 0 aromatic carbocycles. The maximum Gasteiger partial charge on any atom is 0.308 e. The first kappa shape index (κ1) is 13.6. The first-order valence-electron chi connectivity index (χ1n) is 6.68. The first-order valence-corrected chi connectivity index (χ1v) is 6.68. The molecule has 2 rings (SSSR count). The van der Waals surface area contributed by atoms with Crippen LogP contribution in [0.2, 0.25) is 0 Å². The van der Waals surface area contributed by atoms with Crippen molar-refractivity contribution < 1.29 is 14.3 Å². The van der Waals surface area contributed by atoms with Crippen LogP contribution < -0.4 is 5.32 Å². The Balaban J connectivity index is 1.73. The largest absolute Gasteiger partial charge is 0.469 e. The van der Waals surface area contributed by atoms with Gasteiger partial charge in [0.15, 0.2) is 0 Å². The maximum atomic E-state index is 11.8. The van der Waals surface area contributed by atoms with E-state index in [9.17, 15) is 9.59 Å². The number of nitrogens with one attached hydrogen (secondary N) is 2. The van der Waals surface area contributed by atoms with Crippen LogP contribution in [0.4, 0.5) is 0 Å². The van der Waals surface area contributed by atoms with E-state index in [1.165, 1.54) is 7.11 Å². The lowest BCUT2D eigenvalue weighted by Gasteiger charge is -2.27. The molecule has 0 unspecified atom stereocenters. The smallest absolute Gasteiger partial charge is 0.308 e. The highest BCUT2D eigenvalue weighted by Gasteiger charge is 2.27. The van der Waals surface area contributed by atoms with Crippen LogP contribution in [-0.2, 0) is 20.7 Å². The molecule has 104 valence electrons. The Hall–Kier alpha value is -1.78. The van der Waals surface area contributed by atoms with Gasteiger partial charge < -0.3 is 15.0 Å². The third kappa shape index (κ3) is 3.84. The van der Waals surface area contributed by atoms with Crippen LogP contribution in [0.5, 0.6) is 0 Å². The van der Waals surface area contributed by atoms with Gasteiger partial charge in [0, 0.05) is 17.9 Å². The van der Waals surface area contributed by atoms with Crippen LogP contribution in [0.25, 0.3) is 0 Å². The van der Waals surface area contributed by atoms with Gasteiger partial charge in [-0.1, -0.05) is 0 Å². The number of aromatic amines is 1. The van der Waals surface area contributed by atoms with Gasteiger partial charge in [0.25, 0.3) is 0 Å². The summed E-state index contributed by atoms with van der Waals surface area (Å²) in [6.45, 7) is 0. The molecule has 0 atom stereocenters. The molecule has 1 aromatic heterocycles. The van der Waals surface area contributed by atoms with Gasteiger partial charge in [-0.05, 0) is 37.8 Å². The summed E-state index contributed by atoms with van der Waals surface area (Å²) in [6, 6.07) is 3.96. The molecule has 1 aliphatic rings. The number of ether oxygens (including phenoxy) is 1. The molecule has 0 aliphatic heterocycles. The van der Waals surface area contributed by atoms with Crippen LogP contribution in [0.1, 0.15) is 31.4 Å². The number of hydrogen-bond donors (Lipinski definition) is 2. The van der Waals surface area contributed by atoms with Crippen molar-refractivity contribution in [2.75, 3.05) is 7.11 Å². The standard InChI is InChI=1S/C14H20N2O3/c1-19-14(18)10-4-6-11(7-5-10)16-13(17)9-12-3-2-8-15-12/h2-3,8,10-11,15H,4-7,9H2,1H3,(H,16,17). The van der Waals surface area contributed by atoms with E-state index < -0.39 is 0 Å². The minimum Gasteiger partial charge on any atom is -0.469 e. The molecule has 1 aliphatic carbocycles. The quantitative estimate of drug-likeness (QED) is 0.808. The maximum absolute atomic E-state index is 11.8. The minimum atomic E-state index is -0.129. The SMILES string of the molecule is COC(=O)C1CCC(NC(=O)Cc2ccc[nH]2)CC1. The Morgan fingerprint density at radius 3 is 2.68 bits per heavy atom. The first-order chi connectivity index (χ1) is 9.19. The van der Waals surface area contributed by atoms with Gasteiger partial charge in [-0.2, -0.15) is 0 Å². The zero-order valence-corrected chi connectivity index (χ0v) is 11.1. The Labute approximate surface area is 112 Å². The van der Waals surface area contributed by atoms with Gasteiger partial charge in [-0.15, -0.1) is 0 Å². The highest BCUT2D eigenvalue weighted by molar-refractivity contribution is 5.78. The average Bonchev–Trinajstić information content (AvgIpc) is 2.91. The van der Waals surface area contributed by atoms with E-state index in [4.69, 9.17) is 4.74 Å². The molecule has 0 radical (unpaired) electrons. The van der Waals surface area contributed by atoms with E-state index in [0.29, 0.717) is 6.42 Å². The number of hydrogen-bond acceptors (Lipinski definition) is 3. The van der Waals surface area contributed by atoms with E-state index in [1.807, 2.05) is 18.3 Å². The van der Waals surface area contributed by atoms with Gasteiger partial charge >= 0.3 is 5.97 Å². The van der Waals surface area contributed by atoms with Crippen LogP contribution >= 0.6 is 0 Å². The van der Waals surface area contributed by atoms with Crippen molar-refractivity contribution in [2.24, 2.45) is 5.92 Å². The zero-order valence-electron chi connectivity index (χ0n) is 11.1. The van der Waals surface area contributed by atoms with Gasteiger partial charge in [0.1, 0.15) is 0 Å². The number of H-pyrrole nitrogens is 1. The predicted molar refractivity (Wildman–Crippen MR) is 70.4 cm³/mol. The van der Waals surface area contributed by atoms with Crippen molar-refractivity contribution in [1.82, 2.24) is 10.3 Å². The fourth-order valence-electron chi connectivity index (χ4n) is 2.57. The third-order valence-electron chi connectivity index (χ3n) is 3.64. The minimum absolute atomic E-state index is 0.00144. The van der Waals surface area contributed by atoms with Gasteiger partial charge in [0.05, 0.1) is 19.4 Å². The highest BCUT2D eigenvalue weighted by Crippen LogP contribution is 2.25. The molecule has 1 fully saturated rings. The molecular formula is C14H20N2O3. The van der Waals surface area contributed by atoms with Crippen molar-refractivity contribution >= 4 is 11.9 Å². The molecule has 0 spiro atoms. The van der Waals surface area contributed by atoms with Gasteiger partial charge in [-0.25, -0.2) is 0 Å². The summed E-state index contributed by atoms with van der Waals surface area (Å²) < 4.78 is 4.75. The number of amides is 1. The van der Waals surface area contributed by atoms with E-state index in [0.717, 1.165) is 31.4 Å². The van der Waals surface area contributed by atoms with Crippen molar-refractivity contribution in [3.8, 4) is 0 Å². The fraction of sp³-hybridized carbons (Fsp3) is 0.571. The van der Waals surface area contributed by atoms with E-state index in [2.05, 4.69) is 10.3 Å². The number of esters is 1. The second-order valence-electron chi connectivity index (χ2n) is 5.01. The number of methoxy groups -OCH3 is 1. The summed E-state index contributed by atoms with van der Waals surface area (Å²) in [6.07, 6.45) is 5.46. The normalized spacial score (nSPS) is 22.8. The van der Waals surface area contributed by atoms with Gasteiger partial charge in [-0.3, -0.25) is 9.59 Å². The lowest BCUT2D eigenvalue weighted by atomic mass is 9.86. The lowest BCUT2D eigenvalue weighted by molar-refractivity contribution is -0.146. The number of rotatable bonds is 4. The number of carbonyl (C=O) groups is 2. The second-order valence-corrected chi connectivity index (χ2v) is 5.01. The van der Waals surface area contributed by atoms with E-state index in [-0.39, 0.29) is 23.8 Å². The molecule has 0 saturated heterocycles. The summed E-state index contributed by atoms with van der Waals surface area (Å²) in [5, 5.41) is 3.02. The summed E-state index contributed by atoms with van der Waals surface area (Å²) in [5.41, 5.74) is 0.917. The molecular weight excluding hydrogens is 244 g/mol. The molecule has 19 heavy (non-hydrogen) atoms. The van der Waals surface area contributed by atoms with Crippen LogP contribution in [0.15, 0.2) is 18.3 Å². The number of carbonyl (C=O) groups excluding carboxylic acids is 2. The molecule has 1 amide bonds.